The molecule has 0 aliphatic rings. The third-order valence-electron chi connectivity index (χ3n) is 2.75. The summed E-state index contributed by atoms with van der Waals surface area (Å²) < 4.78 is 1.97. The van der Waals surface area contributed by atoms with E-state index in [1.54, 1.807) is 0 Å². The number of halogens is 2. The molecule has 2 aromatic rings. The normalized spacial score (nSPS) is 10.4. The van der Waals surface area contributed by atoms with Crippen molar-refractivity contribution in [1.82, 2.24) is 0 Å². The monoisotopic (exact) mass is 366 g/mol. The molecule has 2 aromatic carbocycles. The molecule has 0 spiro atoms. The van der Waals surface area contributed by atoms with Crippen molar-refractivity contribution in [3.63, 3.8) is 0 Å². The van der Waals surface area contributed by atoms with Crippen molar-refractivity contribution < 1.29 is 4.79 Å². The molecular weight excluding hydrogens is 356 g/mol. The van der Waals surface area contributed by atoms with Gasteiger partial charge in [0, 0.05) is 20.9 Å². The topological polar surface area (TPSA) is 17.1 Å². The van der Waals surface area contributed by atoms with Gasteiger partial charge < -0.3 is 0 Å². The number of carbonyl (C=O) groups is 1. The van der Waals surface area contributed by atoms with Crippen LogP contribution in [-0.2, 0) is 6.42 Å². The van der Waals surface area contributed by atoms with Crippen LogP contribution in [0.2, 0.25) is 0 Å². The van der Waals surface area contributed by atoms with Crippen LogP contribution < -0.4 is 0 Å². The van der Waals surface area contributed by atoms with Gasteiger partial charge in [0.2, 0.25) is 0 Å². The zero-order chi connectivity index (χ0) is 13.1. The first-order chi connectivity index (χ1) is 8.56. The number of ketones is 1. The minimum atomic E-state index is 0.133. The molecule has 0 aliphatic carbocycles. The van der Waals surface area contributed by atoms with Gasteiger partial charge in [0.15, 0.2) is 5.78 Å². The Labute approximate surface area is 123 Å². The van der Waals surface area contributed by atoms with Crippen molar-refractivity contribution >= 4 is 37.6 Å². The molecule has 18 heavy (non-hydrogen) atoms. The van der Waals surface area contributed by atoms with E-state index in [1.165, 1.54) is 0 Å². The number of hydrogen-bond acceptors (Lipinski definition) is 1. The smallest absolute Gasteiger partial charge is 0.167 e. The van der Waals surface area contributed by atoms with E-state index in [2.05, 4.69) is 31.9 Å². The van der Waals surface area contributed by atoms with Gasteiger partial charge in [0.1, 0.15) is 0 Å². The quantitative estimate of drug-likeness (QED) is 0.701. The molecule has 0 saturated carbocycles. The van der Waals surface area contributed by atoms with Crippen LogP contribution in [0.15, 0.2) is 51.4 Å². The van der Waals surface area contributed by atoms with Crippen molar-refractivity contribution in [2.75, 3.05) is 0 Å². The molecule has 0 saturated heterocycles. The lowest BCUT2D eigenvalue weighted by Gasteiger charge is -2.04. The molecule has 2 rings (SSSR count). The van der Waals surface area contributed by atoms with Crippen molar-refractivity contribution in [2.45, 2.75) is 13.3 Å². The Hall–Kier alpha value is -0.930. The molecule has 0 aromatic heterocycles. The number of hydrogen-bond donors (Lipinski definition) is 0. The summed E-state index contributed by atoms with van der Waals surface area (Å²) in [6.45, 7) is 2.01. The maximum atomic E-state index is 12.2. The van der Waals surface area contributed by atoms with Crippen molar-refractivity contribution in [3.05, 3.63) is 68.1 Å². The van der Waals surface area contributed by atoms with Crippen molar-refractivity contribution in [1.29, 1.82) is 0 Å². The number of Topliss-reactive ketones (excluding diaryl/α,β-unsaturated/α-hetero) is 1. The molecule has 92 valence electrons. The van der Waals surface area contributed by atoms with Crippen LogP contribution in [0, 0.1) is 6.92 Å². The van der Waals surface area contributed by atoms with E-state index in [0.717, 1.165) is 25.6 Å². The van der Waals surface area contributed by atoms with Gasteiger partial charge in [-0.15, -0.1) is 0 Å². The Balaban J connectivity index is 2.19. The fourth-order valence-corrected chi connectivity index (χ4v) is 2.53. The molecule has 0 atom stereocenters. The molecular formula is C15H12Br2O. The molecule has 0 radical (unpaired) electrons. The predicted molar refractivity (Wildman–Crippen MR) is 81.1 cm³/mol. The molecule has 0 bridgehead atoms. The maximum Gasteiger partial charge on any atom is 0.167 e. The first-order valence-corrected chi connectivity index (χ1v) is 7.18. The van der Waals surface area contributed by atoms with E-state index in [4.69, 9.17) is 0 Å². The van der Waals surface area contributed by atoms with Gasteiger partial charge in [-0.1, -0.05) is 56.1 Å². The molecule has 0 aliphatic heterocycles. The summed E-state index contributed by atoms with van der Waals surface area (Å²) in [5, 5.41) is 0. The fourth-order valence-electron chi connectivity index (χ4n) is 1.70. The Kier molecular flexibility index (Phi) is 4.36. The number of rotatable bonds is 3. The molecule has 1 nitrogen and oxygen atoms in total. The van der Waals surface area contributed by atoms with Gasteiger partial charge in [0.25, 0.3) is 0 Å². The van der Waals surface area contributed by atoms with Gasteiger partial charge in [0.05, 0.1) is 0 Å². The molecule has 0 heterocycles. The summed E-state index contributed by atoms with van der Waals surface area (Å²) in [5.41, 5.74) is 2.90. The zero-order valence-corrected chi connectivity index (χ0v) is 13.1. The van der Waals surface area contributed by atoms with Gasteiger partial charge in [-0.2, -0.15) is 0 Å². The highest BCUT2D eigenvalue weighted by Crippen LogP contribution is 2.19. The average molecular weight is 368 g/mol. The van der Waals surface area contributed by atoms with Crippen LogP contribution in [0.3, 0.4) is 0 Å². The summed E-state index contributed by atoms with van der Waals surface area (Å²) in [6.07, 6.45) is 0.426. The van der Waals surface area contributed by atoms with E-state index >= 15 is 0 Å². The van der Waals surface area contributed by atoms with E-state index < -0.39 is 0 Å². The lowest BCUT2D eigenvalue weighted by molar-refractivity contribution is 0.0993. The molecule has 0 N–H and O–H groups in total. The number of benzene rings is 2. The highest BCUT2D eigenvalue weighted by atomic mass is 79.9. The molecule has 0 fully saturated rings. The number of carbonyl (C=O) groups excluding carboxylic acids is 1. The summed E-state index contributed by atoms with van der Waals surface area (Å²) in [6, 6.07) is 13.6. The SMILES string of the molecule is Cc1ccc(C(=O)Cc2cccc(Br)c2)cc1Br. The first-order valence-electron chi connectivity index (χ1n) is 5.60. The second kappa shape index (κ2) is 5.81. The Morgan fingerprint density at radius 3 is 2.56 bits per heavy atom. The summed E-state index contributed by atoms with van der Waals surface area (Å²) in [5.74, 6) is 0.133. The maximum absolute atomic E-state index is 12.2. The summed E-state index contributed by atoms with van der Waals surface area (Å²) >= 11 is 6.86. The average Bonchev–Trinajstić information content (AvgIpc) is 2.32. The Morgan fingerprint density at radius 2 is 1.89 bits per heavy atom. The molecule has 3 heteroatoms. The first kappa shape index (κ1) is 13.5. The van der Waals surface area contributed by atoms with Crippen molar-refractivity contribution in [3.8, 4) is 0 Å². The second-order valence-corrected chi connectivity index (χ2v) is 5.96. The highest BCUT2D eigenvalue weighted by molar-refractivity contribution is 9.10. The third-order valence-corrected chi connectivity index (χ3v) is 4.10. The van der Waals surface area contributed by atoms with Crippen LogP contribution in [0.25, 0.3) is 0 Å². The lowest BCUT2D eigenvalue weighted by Crippen LogP contribution is -2.03. The van der Waals surface area contributed by atoms with E-state index in [0.29, 0.717) is 6.42 Å². The van der Waals surface area contributed by atoms with Crippen LogP contribution >= 0.6 is 31.9 Å². The van der Waals surface area contributed by atoms with E-state index in [1.807, 2.05) is 49.4 Å². The van der Waals surface area contributed by atoms with Crippen molar-refractivity contribution in [2.24, 2.45) is 0 Å². The largest absolute Gasteiger partial charge is 0.294 e. The molecule has 0 unspecified atom stereocenters. The van der Waals surface area contributed by atoms with Gasteiger partial charge in [-0.25, -0.2) is 0 Å². The predicted octanol–water partition coefficient (Wildman–Crippen LogP) is 4.95. The zero-order valence-electron chi connectivity index (χ0n) is 9.91. The van der Waals surface area contributed by atoms with Crippen LogP contribution in [-0.4, -0.2) is 5.78 Å². The van der Waals surface area contributed by atoms with E-state index in [9.17, 15) is 4.79 Å². The minimum absolute atomic E-state index is 0.133. The summed E-state index contributed by atoms with van der Waals surface area (Å²) in [4.78, 5) is 12.2. The minimum Gasteiger partial charge on any atom is -0.294 e. The van der Waals surface area contributed by atoms with Crippen LogP contribution in [0.5, 0.6) is 0 Å². The second-order valence-electron chi connectivity index (χ2n) is 4.19. The standard InChI is InChI=1S/C15H12Br2O/c1-10-5-6-12(9-14(10)17)15(18)8-11-3-2-4-13(16)7-11/h2-7,9H,8H2,1H3. The Morgan fingerprint density at radius 1 is 1.11 bits per heavy atom. The Bertz CT molecular complexity index is 591. The van der Waals surface area contributed by atoms with Crippen LogP contribution in [0.4, 0.5) is 0 Å². The molecule has 0 amide bonds. The van der Waals surface area contributed by atoms with E-state index in [-0.39, 0.29) is 5.78 Å². The fraction of sp³-hybridized carbons (Fsp3) is 0.133. The highest BCUT2D eigenvalue weighted by Gasteiger charge is 2.08. The number of aryl methyl sites for hydroxylation is 1. The van der Waals surface area contributed by atoms with Gasteiger partial charge in [-0.3, -0.25) is 4.79 Å². The lowest BCUT2D eigenvalue weighted by atomic mass is 10.0. The van der Waals surface area contributed by atoms with Gasteiger partial charge in [-0.05, 0) is 36.2 Å². The third kappa shape index (κ3) is 3.30. The van der Waals surface area contributed by atoms with Gasteiger partial charge >= 0.3 is 0 Å². The summed E-state index contributed by atoms with van der Waals surface area (Å²) in [7, 11) is 0. The van der Waals surface area contributed by atoms with Crippen LogP contribution in [0.1, 0.15) is 21.5 Å².